The van der Waals surface area contributed by atoms with Crippen LogP contribution >= 0.6 is 0 Å². The maximum absolute atomic E-state index is 12.2. The highest BCUT2D eigenvalue weighted by Gasteiger charge is 2.16. The molecular weight excluding hydrogens is 350 g/mol. The molecule has 0 unspecified atom stereocenters. The second-order valence-corrected chi connectivity index (χ2v) is 6.28. The first-order chi connectivity index (χ1) is 12.9. The number of fused-ring (bicyclic) bond motifs is 1. The van der Waals surface area contributed by atoms with E-state index >= 15 is 0 Å². The third-order valence-electron chi connectivity index (χ3n) is 4.35. The highest BCUT2D eigenvalue weighted by molar-refractivity contribution is 5.76. The molecule has 9 nitrogen and oxygen atoms in total. The molecule has 0 spiro atoms. The van der Waals surface area contributed by atoms with Crippen LogP contribution in [-0.2, 0) is 11.3 Å². The van der Waals surface area contributed by atoms with Crippen molar-refractivity contribution in [1.82, 2.24) is 19.5 Å². The minimum absolute atomic E-state index is 0.0184. The molecule has 0 aliphatic heterocycles. The van der Waals surface area contributed by atoms with Crippen molar-refractivity contribution in [2.45, 2.75) is 32.9 Å². The summed E-state index contributed by atoms with van der Waals surface area (Å²) >= 11 is 0. The molecule has 3 rings (SSSR count). The molecule has 0 bridgehead atoms. The van der Waals surface area contributed by atoms with Gasteiger partial charge in [0.15, 0.2) is 5.65 Å². The van der Waals surface area contributed by atoms with Crippen LogP contribution in [0.2, 0.25) is 0 Å². The van der Waals surface area contributed by atoms with Gasteiger partial charge < -0.3 is 5.32 Å². The van der Waals surface area contributed by atoms with E-state index in [0.29, 0.717) is 16.8 Å². The highest BCUT2D eigenvalue weighted by Crippen LogP contribution is 2.23. The molecular formula is C18H19N5O4. The molecule has 0 radical (unpaired) electrons. The zero-order valence-corrected chi connectivity index (χ0v) is 15.0. The second kappa shape index (κ2) is 7.40. The smallest absolute Gasteiger partial charge is 0.350 e. The van der Waals surface area contributed by atoms with Gasteiger partial charge in [-0.25, -0.2) is 9.48 Å². The number of benzene rings is 1. The van der Waals surface area contributed by atoms with Crippen molar-refractivity contribution in [3.63, 3.8) is 0 Å². The van der Waals surface area contributed by atoms with E-state index in [1.54, 1.807) is 50.4 Å². The van der Waals surface area contributed by atoms with Gasteiger partial charge in [-0.1, -0.05) is 18.2 Å². The van der Waals surface area contributed by atoms with Crippen LogP contribution in [-0.4, -0.2) is 25.0 Å². The highest BCUT2D eigenvalue weighted by atomic mass is 16.6. The van der Waals surface area contributed by atoms with E-state index in [1.165, 1.54) is 15.1 Å². The van der Waals surface area contributed by atoms with Crippen LogP contribution in [0.5, 0.6) is 0 Å². The molecule has 1 amide bonds. The summed E-state index contributed by atoms with van der Waals surface area (Å²) in [7, 11) is 0. The first-order valence-electron chi connectivity index (χ1n) is 8.45. The van der Waals surface area contributed by atoms with E-state index in [1.807, 2.05) is 0 Å². The van der Waals surface area contributed by atoms with Crippen molar-refractivity contribution in [2.75, 3.05) is 0 Å². The second-order valence-electron chi connectivity index (χ2n) is 6.28. The Bertz CT molecular complexity index is 1070. The summed E-state index contributed by atoms with van der Waals surface area (Å²) in [6.07, 6.45) is 1.69. The topological polar surface area (TPSA) is 112 Å². The molecule has 1 N–H and O–H groups in total. The Hall–Kier alpha value is -3.49. The van der Waals surface area contributed by atoms with E-state index in [2.05, 4.69) is 10.4 Å². The van der Waals surface area contributed by atoms with Gasteiger partial charge in [0.25, 0.3) is 5.69 Å². The number of nitrogens with zero attached hydrogens (tertiary/aromatic N) is 4. The van der Waals surface area contributed by atoms with Gasteiger partial charge in [0.2, 0.25) is 5.91 Å². The van der Waals surface area contributed by atoms with Crippen LogP contribution in [0, 0.1) is 17.0 Å². The van der Waals surface area contributed by atoms with Gasteiger partial charge in [-0.15, -0.1) is 5.10 Å². The number of aryl methyl sites for hydroxylation is 2. The molecule has 0 aliphatic rings. The van der Waals surface area contributed by atoms with Gasteiger partial charge in [-0.3, -0.25) is 19.3 Å². The van der Waals surface area contributed by atoms with Gasteiger partial charge in [-0.05, 0) is 31.5 Å². The molecule has 9 heteroatoms. The lowest BCUT2D eigenvalue weighted by Gasteiger charge is -2.14. The maximum Gasteiger partial charge on any atom is 0.350 e. The third-order valence-corrected chi connectivity index (χ3v) is 4.35. The van der Waals surface area contributed by atoms with Gasteiger partial charge in [0, 0.05) is 24.2 Å². The molecule has 3 aromatic rings. The van der Waals surface area contributed by atoms with Gasteiger partial charge in [0.1, 0.15) is 0 Å². The Morgan fingerprint density at radius 2 is 2.11 bits per heavy atom. The lowest BCUT2D eigenvalue weighted by Crippen LogP contribution is -2.29. The lowest BCUT2D eigenvalue weighted by atomic mass is 10.0. The van der Waals surface area contributed by atoms with Crippen molar-refractivity contribution >= 4 is 17.2 Å². The Kier molecular flexibility index (Phi) is 5.02. The van der Waals surface area contributed by atoms with E-state index in [-0.39, 0.29) is 30.2 Å². The number of pyridine rings is 1. The quantitative estimate of drug-likeness (QED) is 0.527. The summed E-state index contributed by atoms with van der Waals surface area (Å²) in [5.74, 6) is -0.269. The molecule has 0 fully saturated rings. The zero-order valence-electron chi connectivity index (χ0n) is 15.0. The zero-order chi connectivity index (χ0) is 19.6. The van der Waals surface area contributed by atoms with E-state index in [9.17, 15) is 19.7 Å². The van der Waals surface area contributed by atoms with Gasteiger partial charge >= 0.3 is 5.69 Å². The van der Waals surface area contributed by atoms with Crippen molar-refractivity contribution in [3.8, 4) is 0 Å². The average Bonchev–Trinajstić information content (AvgIpc) is 2.96. The fraction of sp³-hybridized carbons (Fsp3) is 0.278. The lowest BCUT2D eigenvalue weighted by molar-refractivity contribution is -0.385. The number of amides is 1. The number of carbonyl (C=O) groups excluding carboxylic acids is 1. The van der Waals surface area contributed by atoms with E-state index in [4.69, 9.17) is 0 Å². The normalized spacial score (nSPS) is 12.1. The van der Waals surface area contributed by atoms with Crippen molar-refractivity contribution in [2.24, 2.45) is 0 Å². The Labute approximate surface area is 154 Å². The predicted octanol–water partition coefficient (Wildman–Crippen LogP) is 1.98. The Morgan fingerprint density at radius 1 is 1.33 bits per heavy atom. The molecule has 0 aliphatic carbocycles. The number of nitrogens with one attached hydrogen (secondary N) is 1. The summed E-state index contributed by atoms with van der Waals surface area (Å²) in [5.41, 5.74) is 1.44. The summed E-state index contributed by atoms with van der Waals surface area (Å²) in [4.78, 5) is 35.0. The molecule has 2 aromatic heterocycles. The summed E-state index contributed by atoms with van der Waals surface area (Å²) in [5, 5.41) is 18.0. The predicted molar refractivity (Wildman–Crippen MR) is 98.5 cm³/mol. The summed E-state index contributed by atoms with van der Waals surface area (Å²) in [6.45, 7) is 3.56. The minimum atomic E-state index is -0.441. The first kappa shape index (κ1) is 18.3. The number of aromatic nitrogens is 3. The van der Waals surface area contributed by atoms with Crippen LogP contribution in [0.25, 0.3) is 5.65 Å². The summed E-state index contributed by atoms with van der Waals surface area (Å²) < 4.78 is 2.66. The Morgan fingerprint density at radius 3 is 2.81 bits per heavy atom. The molecule has 1 atom stereocenters. The summed E-state index contributed by atoms with van der Waals surface area (Å²) in [6, 6.07) is 9.70. The largest absolute Gasteiger partial charge is 0.350 e. The van der Waals surface area contributed by atoms with Crippen molar-refractivity contribution in [3.05, 3.63) is 74.3 Å². The fourth-order valence-electron chi connectivity index (χ4n) is 2.81. The van der Waals surface area contributed by atoms with Gasteiger partial charge in [-0.2, -0.15) is 0 Å². The number of nitro benzene ring substituents is 1. The Balaban J connectivity index is 1.65. The third kappa shape index (κ3) is 3.86. The molecule has 0 saturated carbocycles. The van der Waals surface area contributed by atoms with Crippen molar-refractivity contribution < 1.29 is 9.72 Å². The van der Waals surface area contributed by atoms with Crippen LogP contribution in [0.1, 0.15) is 30.5 Å². The van der Waals surface area contributed by atoms with Crippen molar-refractivity contribution in [1.29, 1.82) is 0 Å². The van der Waals surface area contributed by atoms with E-state index < -0.39 is 11.0 Å². The standard InChI is InChI=1S/C18H19N5O4/c1-12-6-7-14(11-15(12)23(26)27)13(2)19-17(24)8-10-22-18(25)21-9-4-3-5-16(21)20-22/h3-7,9,11,13H,8,10H2,1-2H3,(H,19,24)/t13-/m1/s1. The molecule has 27 heavy (non-hydrogen) atoms. The molecule has 0 saturated heterocycles. The van der Waals surface area contributed by atoms with Crippen LogP contribution in [0.3, 0.4) is 0 Å². The van der Waals surface area contributed by atoms with Crippen LogP contribution < -0.4 is 11.0 Å². The number of rotatable bonds is 6. The monoisotopic (exact) mass is 369 g/mol. The maximum atomic E-state index is 12.2. The number of hydrogen-bond acceptors (Lipinski definition) is 5. The molecule has 140 valence electrons. The number of hydrogen-bond donors (Lipinski definition) is 1. The van der Waals surface area contributed by atoms with E-state index in [0.717, 1.165) is 0 Å². The number of carbonyl (C=O) groups is 1. The SMILES string of the molecule is Cc1ccc([C@@H](C)NC(=O)CCn2nc3ccccn3c2=O)cc1[N+](=O)[O-]. The average molecular weight is 369 g/mol. The first-order valence-corrected chi connectivity index (χ1v) is 8.45. The van der Waals surface area contributed by atoms with Crippen LogP contribution in [0.15, 0.2) is 47.4 Å². The molecule has 1 aromatic carbocycles. The number of nitro groups is 1. The minimum Gasteiger partial charge on any atom is -0.350 e. The molecule has 2 heterocycles. The van der Waals surface area contributed by atoms with Gasteiger partial charge in [0.05, 0.1) is 17.5 Å². The van der Waals surface area contributed by atoms with Crippen LogP contribution in [0.4, 0.5) is 5.69 Å². The fourth-order valence-corrected chi connectivity index (χ4v) is 2.81.